The number of rotatable bonds is 6. The van der Waals surface area contributed by atoms with E-state index in [4.69, 9.17) is 16.3 Å². The summed E-state index contributed by atoms with van der Waals surface area (Å²) in [4.78, 5) is 27.3. The van der Waals surface area contributed by atoms with Crippen LogP contribution >= 0.6 is 11.6 Å². The molecule has 9 nitrogen and oxygen atoms in total. The van der Waals surface area contributed by atoms with Crippen molar-refractivity contribution >= 4 is 28.9 Å². The van der Waals surface area contributed by atoms with Crippen molar-refractivity contribution in [1.29, 1.82) is 0 Å². The number of nitrogens with zero attached hydrogens (tertiary/aromatic N) is 3. The SMILES string of the molecule is O=C(Nc1cc(Oc2cccnc2)cc([N+](=O)[O-])c1)c1cc(-c2ccc(Cl)cc2)n[nH]1. The van der Waals surface area contributed by atoms with Crippen molar-refractivity contribution in [3.8, 4) is 22.8 Å². The molecule has 0 aliphatic rings. The summed E-state index contributed by atoms with van der Waals surface area (Å²) >= 11 is 5.89. The molecule has 154 valence electrons. The average Bonchev–Trinajstić information content (AvgIpc) is 3.25. The van der Waals surface area contributed by atoms with Gasteiger partial charge in [-0.15, -0.1) is 0 Å². The first-order valence-electron chi connectivity index (χ1n) is 8.98. The first-order valence-corrected chi connectivity index (χ1v) is 9.36. The molecular weight excluding hydrogens is 422 g/mol. The third-order valence-corrected chi connectivity index (χ3v) is 4.44. The van der Waals surface area contributed by atoms with Crippen molar-refractivity contribution in [1.82, 2.24) is 15.2 Å². The average molecular weight is 436 g/mol. The fourth-order valence-electron chi connectivity index (χ4n) is 2.77. The second kappa shape index (κ2) is 8.64. The predicted molar refractivity (Wildman–Crippen MR) is 114 cm³/mol. The topological polar surface area (TPSA) is 123 Å². The molecular formula is C21H14ClN5O4. The number of aromatic nitrogens is 3. The van der Waals surface area contributed by atoms with E-state index in [9.17, 15) is 14.9 Å². The zero-order valence-corrected chi connectivity index (χ0v) is 16.5. The third-order valence-electron chi connectivity index (χ3n) is 4.19. The number of aromatic amines is 1. The predicted octanol–water partition coefficient (Wildman–Crippen LogP) is 5.08. The zero-order valence-electron chi connectivity index (χ0n) is 15.8. The van der Waals surface area contributed by atoms with E-state index in [-0.39, 0.29) is 22.8 Å². The highest BCUT2D eigenvalue weighted by Crippen LogP contribution is 2.30. The van der Waals surface area contributed by atoms with Gasteiger partial charge in [0, 0.05) is 28.9 Å². The molecule has 0 aliphatic carbocycles. The van der Waals surface area contributed by atoms with Gasteiger partial charge in [0.1, 0.15) is 17.2 Å². The summed E-state index contributed by atoms with van der Waals surface area (Å²) < 4.78 is 5.62. The minimum absolute atomic E-state index is 0.184. The van der Waals surface area contributed by atoms with E-state index in [2.05, 4.69) is 20.5 Å². The van der Waals surface area contributed by atoms with Crippen molar-refractivity contribution in [3.05, 3.63) is 93.9 Å². The molecule has 31 heavy (non-hydrogen) atoms. The molecule has 2 N–H and O–H groups in total. The lowest BCUT2D eigenvalue weighted by molar-refractivity contribution is -0.384. The van der Waals surface area contributed by atoms with Gasteiger partial charge in [-0.2, -0.15) is 5.10 Å². The quantitative estimate of drug-likeness (QED) is 0.321. The Morgan fingerprint density at radius 2 is 1.90 bits per heavy atom. The molecule has 4 rings (SSSR count). The van der Waals surface area contributed by atoms with Crippen LogP contribution in [0.2, 0.25) is 5.02 Å². The number of benzene rings is 2. The first kappa shape index (κ1) is 20.0. The molecule has 0 bridgehead atoms. The van der Waals surface area contributed by atoms with Crippen molar-refractivity contribution in [3.63, 3.8) is 0 Å². The lowest BCUT2D eigenvalue weighted by Crippen LogP contribution is -2.12. The fraction of sp³-hybridized carbons (Fsp3) is 0. The Hall–Kier alpha value is -4.24. The Balaban J connectivity index is 1.56. The van der Waals surface area contributed by atoms with Gasteiger partial charge in [-0.05, 0) is 30.3 Å². The molecule has 0 unspecified atom stereocenters. The number of nitrogens with one attached hydrogen (secondary N) is 2. The van der Waals surface area contributed by atoms with Crippen LogP contribution in [0.3, 0.4) is 0 Å². The molecule has 0 spiro atoms. The highest BCUT2D eigenvalue weighted by Gasteiger charge is 2.16. The number of amides is 1. The van der Waals surface area contributed by atoms with E-state index in [1.807, 2.05) is 0 Å². The Labute approximate surface area is 180 Å². The van der Waals surface area contributed by atoms with Gasteiger partial charge >= 0.3 is 0 Å². The first-order chi connectivity index (χ1) is 15.0. The van der Waals surface area contributed by atoms with Crippen LogP contribution < -0.4 is 10.1 Å². The van der Waals surface area contributed by atoms with E-state index in [0.717, 1.165) is 5.56 Å². The Morgan fingerprint density at radius 1 is 1.10 bits per heavy atom. The highest BCUT2D eigenvalue weighted by atomic mass is 35.5. The van der Waals surface area contributed by atoms with Gasteiger partial charge in [-0.3, -0.25) is 25.0 Å². The molecule has 0 radical (unpaired) electrons. The Morgan fingerprint density at radius 3 is 2.61 bits per heavy atom. The number of non-ortho nitro benzene ring substituents is 1. The number of hydrogen-bond donors (Lipinski definition) is 2. The van der Waals surface area contributed by atoms with Crippen LogP contribution in [0.25, 0.3) is 11.3 Å². The molecule has 0 aliphatic heterocycles. The maximum absolute atomic E-state index is 12.6. The zero-order chi connectivity index (χ0) is 21.8. The summed E-state index contributed by atoms with van der Waals surface area (Å²) in [6.07, 6.45) is 3.05. The van der Waals surface area contributed by atoms with Crippen LogP contribution in [0.1, 0.15) is 10.5 Å². The number of H-pyrrole nitrogens is 1. The lowest BCUT2D eigenvalue weighted by atomic mass is 10.1. The molecule has 1 amide bonds. The summed E-state index contributed by atoms with van der Waals surface area (Å²) in [5.74, 6) is 0.0750. The normalized spacial score (nSPS) is 10.5. The molecule has 4 aromatic rings. The van der Waals surface area contributed by atoms with Gasteiger partial charge in [0.2, 0.25) is 0 Å². The van der Waals surface area contributed by atoms with Gasteiger partial charge in [-0.25, -0.2) is 0 Å². The van der Waals surface area contributed by atoms with Crippen LogP contribution in [0, 0.1) is 10.1 Å². The lowest BCUT2D eigenvalue weighted by Gasteiger charge is -2.08. The van der Waals surface area contributed by atoms with Gasteiger partial charge in [0.15, 0.2) is 0 Å². The number of nitro benzene ring substituents is 1. The molecule has 2 aromatic heterocycles. The maximum Gasteiger partial charge on any atom is 0.275 e. The van der Waals surface area contributed by atoms with Crippen molar-refractivity contribution in [2.45, 2.75) is 0 Å². The smallest absolute Gasteiger partial charge is 0.275 e. The molecule has 2 aromatic carbocycles. The highest BCUT2D eigenvalue weighted by molar-refractivity contribution is 6.30. The summed E-state index contributed by atoms with van der Waals surface area (Å²) in [5, 5.41) is 21.3. The number of nitro groups is 1. The van der Waals surface area contributed by atoms with Crippen LogP contribution in [-0.4, -0.2) is 26.0 Å². The van der Waals surface area contributed by atoms with Gasteiger partial charge in [0.05, 0.1) is 28.6 Å². The standard InChI is InChI=1S/C21H14ClN5O4/c22-14-5-3-13(4-6-14)19-11-20(26-25-19)21(28)24-15-8-16(27(29)30)10-18(9-15)31-17-2-1-7-23-12-17/h1-12H,(H,24,28)(H,25,26). The molecule has 0 saturated heterocycles. The number of carbonyl (C=O) groups excluding carboxylic acids is 1. The van der Waals surface area contributed by atoms with Crippen LogP contribution in [-0.2, 0) is 0 Å². The Bertz CT molecular complexity index is 1240. The molecule has 0 saturated carbocycles. The molecule has 2 heterocycles. The van der Waals surface area contributed by atoms with Crippen LogP contribution in [0.4, 0.5) is 11.4 Å². The number of anilines is 1. The van der Waals surface area contributed by atoms with Crippen molar-refractivity contribution in [2.24, 2.45) is 0 Å². The summed E-state index contributed by atoms with van der Waals surface area (Å²) in [6, 6.07) is 15.9. The van der Waals surface area contributed by atoms with Crippen molar-refractivity contribution < 1.29 is 14.5 Å². The second-order valence-corrected chi connectivity index (χ2v) is 6.83. The largest absolute Gasteiger partial charge is 0.455 e. The molecule has 0 atom stereocenters. The van der Waals surface area contributed by atoms with E-state index >= 15 is 0 Å². The number of hydrogen-bond acceptors (Lipinski definition) is 6. The van der Waals surface area contributed by atoms with Crippen molar-refractivity contribution in [2.75, 3.05) is 5.32 Å². The monoisotopic (exact) mass is 435 g/mol. The second-order valence-electron chi connectivity index (χ2n) is 6.39. The van der Waals surface area contributed by atoms with Gasteiger partial charge < -0.3 is 10.1 Å². The number of ether oxygens (including phenoxy) is 1. The van der Waals surface area contributed by atoms with Gasteiger partial charge in [0.25, 0.3) is 11.6 Å². The van der Waals surface area contributed by atoms with E-state index < -0.39 is 10.8 Å². The van der Waals surface area contributed by atoms with E-state index in [0.29, 0.717) is 16.5 Å². The molecule has 0 fully saturated rings. The van der Waals surface area contributed by atoms with E-state index in [1.165, 1.54) is 24.4 Å². The minimum atomic E-state index is -0.569. The molecule has 10 heteroatoms. The summed E-state index contributed by atoms with van der Waals surface area (Å²) in [5.41, 5.74) is 1.48. The van der Waals surface area contributed by atoms with E-state index in [1.54, 1.807) is 48.7 Å². The number of carbonyl (C=O) groups is 1. The third kappa shape index (κ3) is 4.85. The van der Waals surface area contributed by atoms with Crippen LogP contribution in [0.15, 0.2) is 73.1 Å². The maximum atomic E-state index is 12.6. The number of pyridine rings is 1. The van der Waals surface area contributed by atoms with Gasteiger partial charge in [-0.1, -0.05) is 23.7 Å². The van der Waals surface area contributed by atoms with Crippen LogP contribution in [0.5, 0.6) is 11.5 Å². The Kier molecular flexibility index (Phi) is 5.59. The fourth-order valence-corrected chi connectivity index (χ4v) is 2.89. The summed E-state index contributed by atoms with van der Waals surface area (Å²) in [7, 11) is 0. The minimum Gasteiger partial charge on any atom is -0.455 e. The number of halogens is 1. The summed E-state index contributed by atoms with van der Waals surface area (Å²) in [6.45, 7) is 0.